The standard InChI is InChI=1S/C10H13N3O2.C5H4N2O2/c14-10(15)8-6-9(12-7-11-8)13-4-2-1-3-5-13;8-5(9)4-1-2-6-3-7-4/h6-7H,1-5H2,(H,14,15);1-3H,(H,8,9). The number of aromatic carboxylic acids is 2. The maximum atomic E-state index is 10.7. The zero-order valence-corrected chi connectivity index (χ0v) is 12.9. The van der Waals surface area contributed by atoms with Crippen LogP contribution >= 0.6 is 0 Å². The molecule has 0 unspecified atom stereocenters. The molecular weight excluding hydrogens is 314 g/mol. The topological polar surface area (TPSA) is 129 Å². The third-order valence-corrected chi connectivity index (χ3v) is 3.35. The Bertz CT molecular complexity index is 689. The zero-order valence-electron chi connectivity index (χ0n) is 12.9. The van der Waals surface area contributed by atoms with Gasteiger partial charge in [-0.2, -0.15) is 0 Å². The van der Waals surface area contributed by atoms with Crippen LogP contribution in [0.15, 0.2) is 31.0 Å². The van der Waals surface area contributed by atoms with Gasteiger partial charge in [-0.25, -0.2) is 29.5 Å². The van der Waals surface area contributed by atoms with Gasteiger partial charge in [-0.15, -0.1) is 0 Å². The summed E-state index contributed by atoms with van der Waals surface area (Å²) in [5.74, 6) is -1.31. The number of carboxylic acids is 2. The molecule has 2 aromatic rings. The van der Waals surface area contributed by atoms with E-state index in [0.717, 1.165) is 31.7 Å². The van der Waals surface area contributed by atoms with Crippen LogP contribution in [0.1, 0.15) is 40.2 Å². The molecule has 0 aromatic carbocycles. The van der Waals surface area contributed by atoms with Crippen molar-refractivity contribution in [3.05, 3.63) is 42.4 Å². The van der Waals surface area contributed by atoms with E-state index in [1.54, 1.807) is 0 Å². The molecule has 2 aromatic heterocycles. The molecular formula is C15H17N5O4. The number of piperidine rings is 1. The van der Waals surface area contributed by atoms with Gasteiger partial charge in [0, 0.05) is 25.4 Å². The number of carboxylic acid groups (broad SMARTS) is 2. The summed E-state index contributed by atoms with van der Waals surface area (Å²) >= 11 is 0. The highest BCUT2D eigenvalue weighted by atomic mass is 16.4. The molecule has 1 aliphatic heterocycles. The van der Waals surface area contributed by atoms with Gasteiger partial charge in [-0.05, 0) is 25.3 Å². The predicted octanol–water partition coefficient (Wildman–Crippen LogP) is 1.34. The van der Waals surface area contributed by atoms with Crippen molar-refractivity contribution in [1.29, 1.82) is 0 Å². The first kappa shape index (κ1) is 17.3. The molecule has 3 rings (SSSR count). The van der Waals surface area contributed by atoms with Gasteiger partial charge >= 0.3 is 11.9 Å². The first-order valence-electron chi connectivity index (χ1n) is 7.37. The first-order valence-corrected chi connectivity index (χ1v) is 7.37. The van der Waals surface area contributed by atoms with Crippen LogP contribution in [0.5, 0.6) is 0 Å². The number of carbonyl (C=O) groups is 2. The molecule has 0 aliphatic carbocycles. The van der Waals surface area contributed by atoms with Crippen molar-refractivity contribution < 1.29 is 19.8 Å². The number of nitrogens with zero attached hydrogens (tertiary/aromatic N) is 5. The second-order valence-electron chi connectivity index (χ2n) is 5.01. The lowest BCUT2D eigenvalue weighted by molar-refractivity contribution is 0.0679. The maximum Gasteiger partial charge on any atom is 0.354 e. The molecule has 9 heteroatoms. The van der Waals surface area contributed by atoms with Gasteiger partial charge in [0.05, 0.1) is 0 Å². The molecule has 126 valence electrons. The average molecular weight is 331 g/mol. The third-order valence-electron chi connectivity index (χ3n) is 3.35. The fraction of sp³-hybridized carbons (Fsp3) is 0.333. The smallest absolute Gasteiger partial charge is 0.354 e. The lowest BCUT2D eigenvalue weighted by Gasteiger charge is -2.27. The molecule has 1 aliphatic rings. The third kappa shape index (κ3) is 4.97. The minimum Gasteiger partial charge on any atom is -0.477 e. The van der Waals surface area contributed by atoms with Gasteiger partial charge in [-0.1, -0.05) is 0 Å². The molecule has 2 N–H and O–H groups in total. The Morgan fingerprint density at radius 2 is 1.58 bits per heavy atom. The van der Waals surface area contributed by atoms with Crippen LogP contribution in [0.4, 0.5) is 5.82 Å². The van der Waals surface area contributed by atoms with E-state index in [1.807, 2.05) is 0 Å². The van der Waals surface area contributed by atoms with E-state index < -0.39 is 11.9 Å². The second kappa shape index (κ2) is 8.51. The highest BCUT2D eigenvalue weighted by Gasteiger charge is 2.14. The Kier molecular flexibility index (Phi) is 6.12. The van der Waals surface area contributed by atoms with Crippen LogP contribution in [0.25, 0.3) is 0 Å². The summed E-state index contributed by atoms with van der Waals surface area (Å²) < 4.78 is 0. The predicted molar refractivity (Wildman–Crippen MR) is 84.0 cm³/mol. The molecule has 0 atom stereocenters. The van der Waals surface area contributed by atoms with E-state index in [-0.39, 0.29) is 11.4 Å². The van der Waals surface area contributed by atoms with Gasteiger partial charge in [0.1, 0.15) is 18.5 Å². The van der Waals surface area contributed by atoms with Gasteiger partial charge in [0.25, 0.3) is 0 Å². The number of anilines is 1. The summed E-state index contributed by atoms with van der Waals surface area (Å²) in [4.78, 5) is 37.8. The summed E-state index contributed by atoms with van der Waals surface area (Å²) in [6, 6.07) is 2.87. The van der Waals surface area contributed by atoms with E-state index in [2.05, 4.69) is 24.8 Å². The van der Waals surface area contributed by atoms with Crippen molar-refractivity contribution >= 4 is 17.8 Å². The van der Waals surface area contributed by atoms with Crippen LogP contribution in [-0.2, 0) is 0 Å². The van der Waals surface area contributed by atoms with Gasteiger partial charge in [0.2, 0.25) is 0 Å². The molecule has 0 saturated carbocycles. The lowest BCUT2D eigenvalue weighted by Crippen LogP contribution is -2.30. The molecule has 0 amide bonds. The molecule has 0 bridgehead atoms. The fourth-order valence-electron chi connectivity index (χ4n) is 2.18. The van der Waals surface area contributed by atoms with E-state index in [0.29, 0.717) is 0 Å². The van der Waals surface area contributed by atoms with Crippen LogP contribution in [-0.4, -0.2) is 55.2 Å². The Balaban J connectivity index is 0.000000198. The van der Waals surface area contributed by atoms with Crippen LogP contribution in [0, 0.1) is 0 Å². The number of aromatic nitrogens is 4. The quantitative estimate of drug-likeness (QED) is 0.855. The van der Waals surface area contributed by atoms with Gasteiger partial charge in [-0.3, -0.25) is 0 Å². The highest BCUT2D eigenvalue weighted by molar-refractivity contribution is 5.86. The summed E-state index contributed by atoms with van der Waals surface area (Å²) in [5.41, 5.74) is 0.0792. The number of hydrogen-bond donors (Lipinski definition) is 2. The molecule has 9 nitrogen and oxygen atoms in total. The summed E-state index contributed by atoms with van der Waals surface area (Å²) in [6.07, 6.45) is 7.43. The van der Waals surface area contributed by atoms with E-state index >= 15 is 0 Å². The minimum atomic E-state index is -1.03. The summed E-state index contributed by atoms with van der Waals surface area (Å²) in [5, 5.41) is 17.1. The van der Waals surface area contributed by atoms with Gasteiger partial charge < -0.3 is 15.1 Å². The van der Waals surface area contributed by atoms with Crippen molar-refractivity contribution in [3.8, 4) is 0 Å². The SMILES string of the molecule is O=C(O)c1cc(N2CCCCC2)ncn1.O=C(O)c1ccncn1. The van der Waals surface area contributed by atoms with Crippen molar-refractivity contribution in [2.75, 3.05) is 18.0 Å². The number of hydrogen-bond acceptors (Lipinski definition) is 7. The first-order chi connectivity index (χ1) is 11.6. The van der Waals surface area contributed by atoms with Crippen LogP contribution < -0.4 is 4.90 Å². The van der Waals surface area contributed by atoms with Crippen molar-refractivity contribution in [3.63, 3.8) is 0 Å². The molecule has 0 spiro atoms. The molecule has 1 fully saturated rings. The number of rotatable bonds is 3. The zero-order chi connectivity index (χ0) is 17.4. The molecule has 3 heterocycles. The summed E-state index contributed by atoms with van der Waals surface area (Å²) in [6.45, 7) is 1.91. The van der Waals surface area contributed by atoms with Crippen molar-refractivity contribution in [2.24, 2.45) is 0 Å². The van der Waals surface area contributed by atoms with E-state index in [4.69, 9.17) is 10.2 Å². The minimum absolute atomic E-state index is 0.0185. The molecule has 1 saturated heterocycles. The fourth-order valence-corrected chi connectivity index (χ4v) is 2.18. The Morgan fingerprint density at radius 1 is 0.917 bits per heavy atom. The van der Waals surface area contributed by atoms with Crippen LogP contribution in [0.2, 0.25) is 0 Å². The Labute approximate surface area is 138 Å². The van der Waals surface area contributed by atoms with E-state index in [1.165, 1.54) is 37.4 Å². The summed E-state index contributed by atoms with van der Waals surface area (Å²) in [7, 11) is 0. The highest BCUT2D eigenvalue weighted by Crippen LogP contribution is 2.17. The van der Waals surface area contributed by atoms with Gasteiger partial charge in [0.15, 0.2) is 11.4 Å². The van der Waals surface area contributed by atoms with Crippen molar-refractivity contribution in [2.45, 2.75) is 19.3 Å². The van der Waals surface area contributed by atoms with E-state index in [9.17, 15) is 9.59 Å². The average Bonchev–Trinajstić information content (AvgIpc) is 2.64. The molecule has 0 radical (unpaired) electrons. The monoisotopic (exact) mass is 331 g/mol. The van der Waals surface area contributed by atoms with Crippen molar-refractivity contribution in [1.82, 2.24) is 19.9 Å². The largest absolute Gasteiger partial charge is 0.477 e. The lowest BCUT2D eigenvalue weighted by atomic mass is 10.1. The molecule has 24 heavy (non-hydrogen) atoms. The normalized spacial score (nSPS) is 13.6. The Hall–Kier alpha value is -3.10. The second-order valence-corrected chi connectivity index (χ2v) is 5.01. The maximum absolute atomic E-state index is 10.7. The van der Waals surface area contributed by atoms with Crippen LogP contribution in [0.3, 0.4) is 0 Å². The Morgan fingerprint density at radius 3 is 2.12 bits per heavy atom.